The molecule has 13 nitrogen and oxygen atoms in total. The normalized spacial score (nSPS) is 12.0. The average Bonchev–Trinajstić information content (AvgIpc) is 2.78. The minimum absolute atomic E-state index is 0.00786. The number of carboxylic acid groups (broad SMARTS) is 1. The first kappa shape index (κ1) is 33.2. The van der Waals surface area contributed by atoms with Crippen molar-refractivity contribution < 1.29 is 41.1 Å². The zero-order valence-corrected chi connectivity index (χ0v) is 22.3. The smallest absolute Gasteiger partial charge is 0.475 e. The number of amides is 1. The molecule has 8 N–H and O–H groups in total. The fraction of sp³-hybridized carbons (Fsp3) is 0.333. The number of halogens is 4. The number of guanidine groups is 1. The molecular weight excluding hydrogens is 573 g/mol. The van der Waals surface area contributed by atoms with Crippen molar-refractivity contribution in [2.45, 2.75) is 44.4 Å². The average molecular weight is 599 g/mol. The summed E-state index contributed by atoms with van der Waals surface area (Å²) in [6.07, 6.45) is -5.86. The van der Waals surface area contributed by atoms with Crippen LogP contribution in [0.3, 0.4) is 0 Å². The number of carboxylic acids is 1. The number of benzene rings is 1. The maximum Gasteiger partial charge on any atom is 0.490 e. The van der Waals surface area contributed by atoms with Crippen LogP contribution in [-0.4, -0.2) is 55.2 Å². The molecule has 1 aromatic carbocycles. The number of nitrogens with two attached hydrogens (primary N) is 1. The van der Waals surface area contributed by atoms with E-state index in [0.29, 0.717) is 11.3 Å². The van der Waals surface area contributed by atoms with Crippen LogP contribution in [0.1, 0.15) is 23.7 Å². The zero-order valence-electron chi connectivity index (χ0n) is 20.7. The van der Waals surface area contributed by atoms with Gasteiger partial charge in [-0.1, -0.05) is 23.7 Å². The van der Waals surface area contributed by atoms with Crippen molar-refractivity contribution in [1.29, 1.82) is 5.41 Å². The largest absolute Gasteiger partial charge is 0.490 e. The summed E-state index contributed by atoms with van der Waals surface area (Å²) >= 11 is 6.08. The van der Waals surface area contributed by atoms with Gasteiger partial charge >= 0.3 is 12.1 Å². The molecule has 2 aromatic rings. The van der Waals surface area contributed by atoms with Gasteiger partial charge in [-0.05, 0) is 44.0 Å². The Morgan fingerprint density at radius 1 is 1.28 bits per heavy atom. The first-order valence-corrected chi connectivity index (χ1v) is 12.5. The van der Waals surface area contributed by atoms with Crippen LogP contribution in [0.5, 0.6) is 0 Å². The van der Waals surface area contributed by atoms with E-state index in [1.165, 1.54) is 12.1 Å². The number of hydroxylamine groups is 1. The van der Waals surface area contributed by atoms with Crippen LogP contribution < -0.4 is 26.8 Å². The number of alkyl halides is 3. The number of aryl methyl sites for hydroxylation is 2. The Balaban J connectivity index is 0.000000956. The molecule has 0 saturated carbocycles. The minimum atomic E-state index is -5.08. The fourth-order valence-corrected chi connectivity index (χ4v) is 4.79. The minimum Gasteiger partial charge on any atom is -0.475 e. The lowest BCUT2D eigenvalue weighted by molar-refractivity contribution is -0.192. The summed E-state index contributed by atoms with van der Waals surface area (Å²) in [7, 11) is -4.20. The number of aromatic nitrogens is 1. The van der Waals surface area contributed by atoms with Gasteiger partial charge in [-0.15, -0.1) is 0 Å². The summed E-state index contributed by atoms with van der Waals surface area (Å²) in [4.78, 5) is 41.2. The predicted molar refractivity (Wildman–Crippen MR) is 135 cm³/mol. The molecule has 0 fully saturated rings. The van der Waals surface area contributed by atoms with Crippen LogP contribution in [0, 0.1) is 19.3 Å². The van der Waals surface area contributed by atoms with Crippen LogP contribution in [0.2, 0.25) is 5.02 Å². The standard InChI is InChI=1S/C19H25ClN6O5S.C2HF3O2/c1-10-5-4-6-14(20)17(10)32(29,30)26-16-13(7-11(2)24-18(16)28)8-15(27)23-9-12(3)31-25-19(21)22;3-2(4,5)1(6)7/h4-7,12,26H,8-9H2,1-3H3,(H,23,27)(H,24,28)(H4,21,22,25);(H,6,7). The number of carbonyl (C=O) groups is 2. The lowest BCUT2D eigenvalue weighted by Gasteiger charge is -2.16. The lowest BCUT2D eigenvalue weighted by atomic mass is 10.1. The third-order valence-corrected chi connectivity index (χ3v) is 6.45. The number of pyridine rings is 1. The molecule has 1 unspecified atom stereocenters. The molecule has 1 amide bonds. The number of sulfonamides is 1. The third kappa shape index (κ3) is 10.8. The van der Waals surface area contributed by atoms with E-state index in [1.807, 2.05) is 0 Å². The summed E-state index contributed by atoms with van der Waals surface area (Å²) in [5.41, 5.74) is 7.37. The monoisotopic (exact) mass is 598 g/mol. The van der Waals surface area contributed by atoms with E-state index < -0.39 is 39.7 Å². The summed E-state index contributed by atoms with van der Waals surface area (Å²) in [6, 6.07) is 6.14. The first-order chi connectivity index (χ1) is 17.8. The maximum absolute atomic E-state index is 13.0. The van der Waals surface area contributed by atoms with Crippen molar-refractivity contribution in [2.24, 2.45) is 5.73 Å². The Labute approximate surface area is 225 Å². The topological polar surface area (TPSA) is 217 Å². The van der Waals surface area contributed by atoms with Gasteiger partial charge in [0.15, 0.2) is 0 Å². The summed E-state index contributed by atoms with van der Waals surface area (Å²) < 4.78 is 59.9. The Kier molecular flexibility index (Phi) is 11.8. The number of aromatic amines is 1. The number of hydrogen-bond donors (Lipinski definition) is 7. The number of H-pyrrole nitrogens is 1. The Hall–Kier alpha value is -3.83. The van der Waals surface area contributed by atoms with E-state index >= 15 is 0 Å². The molecular formula is C21H26ClF3N6O7S. The molecule has 1 heterocycles. The molecule has 0 spiro atoms. The van der Waals surface area contributed by atoms with Gasteiger partial charge in [-0.25, -0.2) is 18.7 Å². The van der Waals surface area contributed by atoms with Gasteiger partial charge in [-0.3, -0.25) is 24.6 Å². The van der Waals surface area contributed by atoms with E-state index in [9.17, 15) is 31.2 Å². The summed E-state index contributed by atoms with van der Waals surface area (Å²) in [5.74, 6) is -3.61. The van der Waals surface area contributed by atoms with E-state index in [-0.39, 0.29) is 40.1 Å². The zero-order chi connectivity index (χ0) is 30.1. The van der Waals surface area contributed by atoms with Gasteiger partial charge in [0.1, 0.15) is 10.6 Å². The van der Waals surface area contributed by atoms with Gasteiger partial charge in [-0.2, -0.15) is 13.2 Å². The Bertz CT molecular complexity index is 1360. The van der Waals surface area contributed by atoms with Gasteiger partial charge < -0.3 is 21.1 Å². The van der Waals surface area contributed by atoms with Crippen LogP contribution in [0.15, 0.2) is 34.0 Å². The fourth-order valence-electron chi connectivity index (χ4n) is 2.85. The summed E-state index contributed by atoms with van der Waals surface area (Å²) in [5, 5.41) is 16.8. The molecule has 0 aliphatic rings. The van der Waals surface area contributed by atoms with Crippen molar-refractivity contribution in [2.75, 3.05) is 11.3 Å². The first-order valence-electron chi connectivity index (χ1n) is 10.7. The SMILES string of the molecule is Cc1cc(CC(=O)NCC(C)ONC(=N)N)c(NS(=O)(=O)c2c(C)cccc2Cl)c(=O)[nH]1.O=C(O)C(F)(F)F. The van der Waals surface area contributed by atoms with Crippen molar-refractivity contribution in [3.05, 3.63) is 56.5 Å². The van der Waals surface area contributed by atoms with Gasteiger partial charge in [0.2, 0.25) is 11.9 Å². The van der Waals surface area contributed by atoms with Crippen molar-refractivity contribution in [3.63, 3.8) is 0 Å². The number of rotatable bonds is 9. The van der Waals surface area contributed by atoms with Crippen LogP contribution in [0.25, 0.3) is 0 Å². The third-order valence-electron chi connectivity index (χ3n) is 4.47. The quantitative estimate of drug-likeness (QED) is 0.126. The van der Waals surface area contributed by atoms with Gasteiger partial charge in [0.05, 0.1) is 17.5 Å². The second-order valence-corrected chi connectivity index (χ2v) is 9.93. The second kappa shape index (κ2) is 13.8. The number of carbonyl (C=O) groups excluding carboxylic acids is 1. The molecule has 0 radical (unpaired) electrons. The van der Waals surface area contributed by atoms with Crippen molar-refractivity contribution in [3.8, 4) is 0 Å². The molecule has 0 saturated heterocycles. The van der Waals surface area contributed by atoms with E-state index in [0.717, 1.165) is 0 Å². The van der Waals surface area contributed by atoms with Gasteiger partial charge in [0.25, 0.3) is 15.6 Å². The maximum atomic E-state index is 13.0. The second-order valence-electron chi connectivity index (χ2n) is 7.90. The van der Waals surface area contributed by atoms with E-state index in [1.54, 1.807) is 32.9 Å². The van der Waals surface area contributed by atoms with E-state index in [4.69, 9.17) is 37.5 Å². The Morgan fingerprint density at radius 2 is 1.87 bits per heavy atom. The Morgan fingerprint density at radius 3 is 2.38 bits per heavy atom. The van der Waals surface area contributed by atoms with Gasteiger partial charge in [0, 0.05) is 12.2 Å². The molecule has 216 valence electrons. The highest BCUT2D eigenvalue weighted by atomic mass is 35.5. The molecule has 2 rings (SSSR count). The van der Waals surface area contributed by atoms with Crippen LogP contribution in [-0.2, 0) is 30.9 Å². The molecule has 1 aromatic heterocycles. The van der Waals surface area contributed by atoms with Crippen molar-refractivity contribution in [1.82, 2.24) is 15.8 Å². The number of nitrogens with one attached hydrogen (secondary N) is 5. The molecule has 0 aliphatic heterocycles. The number of aliphatic carboxylic acids is 1. The molecule has 39 heavy (non-hydrogen) atoms. The molecule has 0 aliphatic carbocycles. The highest BCUT2D eigenvalue weighted by Crippen LogP contribution is 2.27. The van der Waals surface area contributed by atoms with Crippen molar-refractivity contribution >= 4 is 45.1 Å². The highest BCUT2D eigenvalue weighted by Gasteiger charge is 2.38. The molecule has 1 atom stereocenters. The highest BCUT2D eigenvalue weighted by molar-refractivity contribution is 7.92. The number of anilines is 1. The van der Waals surface area contributed by atoms with E-state index in [2.05, 4.69) is 20.5 Å². The number of hydrogen-bond acceptors (Lipinski definition) is 7. The molecule has 0 bridgehead atoms. The van der Waals surface area contributed by atoms with Crippen LogP contribution in [0.4, 0.5) is 18.9 Å². The molecule has 18 heteroatoms. The predicted octanol–water partition coefficient (Wildman–Crippen LogP) is 1.54. The lowest BCUT2D eigenvalue weighted by Crippen LogP contribution is -2.39. The van der Waals surface area contributed by atoms with Crippen LogP contribution >= 0.6 is 11.6 Å². The summed E-state index contributed by atoms with van der Waals surface area (Å²) in [6.45, 7) is 4.92.